The van der Waals surface area contributed by atoms with E-state index < -0.39 is 5.91 Å². The van der Waals surface area contributed by atoms with E-state index in [1.54, 1.807) is 55.6 Å². The summed E-state index contributed by atoms with van der Waals surface area (Å²) < 4.78 is 16.5. The molecule has 7 nitrogen and oxygen atoms in total. The SMILES string of the molecule is COc1ccc(C2=C(Nc3ccc4c(c3)OCCO4)C(=O)N(c3cccc(C)c3C)C2=O)cc1. The Labute approximate surface area is 197 Å². The molecule has 0 atom stereocenters. The highest BCUT2D eigenvalue weighted by molar-refractivity contribution is 6.46. The molecule has 0 fully saturated rings. The number of hydrogen-bond donors (Lipinski definition) is 1. The summed E-state index contributed by atoms with van der Waals surface area (Å²) in [5, 5.41) is 3.18. The summed E-state index contributed by atoms with van der Waals surface area (Å²) in [4.78, 5) is 28.6. The number of hydrogen-bond acceptors (Lipinski definition) is 6. The first kappa shape index (κ1) is 21.6. The van der Waals surface area contributed by atoms with Crippen LogP contribution < -0.4 is 24.4 Å². The van der Waals surface area contributed by atoms with Gasteiger partial charge in [0.25, 0.3) is 11.8 Å². The molecule has 3 aromatic carbocycles. The van der Waals surface area contributed by atoms with Gasteiger partial charge in [0.2, 0.25) is 0 Å². The summed E-state index contributed by atoms with van der Waals surface area (Å²) in [6.07, 6.45) is 0. The molecule has 5 rings (SSSR count). The zero-order valence-corrected chi connectivity index (χ0v) is 19.2. The monoisotopic (exact) mass is 456 g/mol. The second kappa shape index (κ2) is 8.59. The maximum absolute atomic E-state index is 13.7. The van der Waals surface area contributed by atoms with Crippen LogP contribution in [-0.2, 0) is 9.59 Å². The molecule has 0 unspecified atom stereocenters. The minimum Gasteiger partial charge on any atom is -0.497 e. The Morgan fingerprint density at radius 2 is 1.62 bits per heavy atom. The highest BCUT2D eigenvalue weighted by atomic mass is 16.6. The lowest BCUT2D eigenvalue weighted by Gasteiger charge is -2.20. The molecular weight excluding hydrogens is 432 g/mol. The van der Waals surface area contributed by atoms with Gasteiger partial charge in [-0.25, -0.2) is 4.90 Å². The lowest BCUT2D eigenvalue weighted by atomic mass is 10.0. The van der Waals surface area contributed by atoms with Crippen LogP contribution in [0.25, 0.3) is 5.57 Å². The van der Waals surface area contributed by atoms with Crippen molar-refractivity contribution in [2.75, 3.05) is 30.5 Å². The van der Waals surface area contributed by atoms with E-state index in [1.807, 2.05) is 26.0 Å². The lowest BCUT2D eigenvalue weighted by Crippen LogP contribution is -2.33. The zero-order chi connectivity index (χ0) is 23.8. The predicted molar refractivity (Wildman–Crippen MR) is 129 cm³/mol. The van der Waals surface area contributed by atoms with Crippen LogP contribution in [0.15, 0.2) is 66.4 Å². The summed E-state index contributed by atoms with van der Waals surface area (Å²) in [6.45, 7) is 4.80. The van der Waals surface area contributed by atoms with Crippen LogP contribution in [0, 0.1) is 13.8 Å². The number of carbonyl (C=O) groups is 2. The van der Waals surface area contributed by atoms with E-state index in [-0.39, 0.29) is 11.6 Å². The third-order valence-electron chi connectivity index (χ3n) is 6.09. The van der Waals surface area contributed by atoms with E-state index in [0.29, 0.717) is 53.0 Å². The number of carbonyl (C=O) groups excluding carboxylic acids is 2. The normalized spacial score (nSPS) is 15.1. The van der Waals surface area contributed by atoms with E-state index in [2.05, 4.69) is 5.32 Å². The molecule has 2 heterocycles. The van der Waals surface area contributed by atoms with E-state index in [9.17, 15) is 9.59 Å². The molecule has 0 bridgehead atoms. The average molecular weight is 456 g/mol. The molecule has 172 valence electrons. The zero-order valence-electron chi connectivity index (χ0n) is 19.2. The second-order valence-electron chi connectivity index (χ2n) is 8.13. The van der Waals surface area contributed by atoms with Crippen molar-refractivity contribution < 1.29 is 23.8 Å². The number of aryl methyl sites for hydroxylation is 1. The van der Waals surface area contributed by atoms with Crippen LogP contribution >= 0.6 is 0 Å². The van der Waals surface area contributed by atoms with Gasteiger partial charge in [-0.05, 0) is 60.9 Å². The van der Waals surface area contributed by atoms with Crippen molar-refractivity contribution in [1.82, 2.24) is 0 Å². The van der Waals surface area contributed by atoms with Crippen molar-refractivity contribution >= 4 is 28.8 Å². The first-order chi connectivity index (χ1) is 16.5. The number of amides is 2. The molecule has 3 aromatic rings. The van der Waals surface area contributed by atoms with Crippen molar-refractivity contribution in [2.24, 2.45) is 0 Å². The van der Waals surface area contributed by atoms with Crippen LogP contribution in [-0.4, -0.2) is 32.1 Å². The standard InChI is InChI=1S/C27H24N2O5/c1-16-5-4-6-21(17(16)2)29-26(30)24(18-7-10-20(32-3)11-8-18)25(27(29)31)28-19-9-12-22-23(15-19)34-14-13-33-22/h4-12,15,28H,13-14H2,1-3H3. The molecule has 2 amide bonds. The Hall–Kier alpha value is -4.26. The quantitative estimate of drug-likeness (QED) is 0.571. The van der Waals surface area contributed by atoms with E-state index >= 15 is 0 Å². The maximum Gasteiger partial charge on any atom is 0.282 e. The maximum atomic E-state index is 13.7. The Balaban J connectivity index is 1.60. The Morgan fingerprint density at radius 1 is 0.882 bits per heavy atom. The molecule has 0 spiro atoms. The van der Waals surface area contributed by atoms with Crippen molar-refractivity contribution in [3.8, 4) is 17.2 Å². The van der Waals surface area contributed by atoms with Crippen molar-refractivity contribution in [2.45, 2.75) is 13.8 Å². The molecule has 34 heavy (non-hydrogen) atoms. The minimum absolute atomic E-state index is 0.202. The van der Waals surface area contributed by atoms with Crippen molar-refractivity contribution in [3.05, 3.63) is 83.1 Å². The Bertz CT molecular complexity index is 1330. The van der Waals surface area contributed by atoms with Crippen LogP contribution in [0.5, 0.6) is 17.2 Å². The van der Waals surface area contributed by atoms with Gasteiger partial charge in [-0.3, -0.25) is 9.59 Å². The van der Waals surface area contributed by atoms with Gasteiger partial charge >= 0.3 is 0 Å². The smallest absolute Gasteiger partial charge is 0.282 e. The molecule has 2 aliphatic rings. The van der Waals surface area contributed by atoms with Crippen molar-refractivity contribution in [3.63, 3.8) is 0 Å². The third-order valence-corrected chi connectivity index (χ3v) is 6.09. The number of anilines is 2. The van der Waals surface area contributed by atoms with Gasteiger partial charge in [-0.2, -0.15) is 0 Å². The number of imide groups is 1. The first-order valence-electron chi connectivity index (χ1n) is 11.0. The number of fused-ring (bicyclic) bond motifs is 1. The van der Waals surface area contributed by atoms with Gasteiger partial charge in [-0.1, -0.05) is 24.3 Å². The van der Waals surface area contributed by atoms with Gasteiger partial charge in [0.15, 0.2) is 11.5 Å². The molecule has 1 N–H and O–H groups in total. The highest BCUT2D eigenvalue weighted by Gasteiger charge is 2.41. The predicted octanol–water partition coefficient (Wildman–Crippen LogP) is 4.48. The first-order valence-corrected chi connectivity index (χ1v) is 11.0. The molecule has 0 saturated heterocycles. The minimum atomic E-state index is -0.417. The summed E-state index contributed by atoms with van der Waals surface area (Å²) in [7, 11) is 1.58. The Morgan fingerprint density at radius 3 is 2.35 bits per heavy atom. The summed E-state index contributed by atoms with van der Waals surface area (Å²) in [5.41, 5.74) is 4.17. The van der Waals surface area contributed by atoms with Crippen LogP contribution in [0.2, 0.25) is 0 Å². The van der Waals surface area contributed by atoms with Crippen LogP contribution in [0.4, 0.5) is 11.4 Å². The molecular formula is C27H24N2O5. The summed E-state index contributed by atoms with van der Waals surface area (Å²) >= 11 is 0. The number of methoxy groups -OCH3 is 1. The topological polar surface area (TPSA) is 77.1 Å². The van der Waals surface area contributed by atoms with Gasteiger partial charge < -0.3 is 19.5 Å². The highest BCUT2D eigenvalue weighted by Crippen LogP contribution is 2.38. The van der Waals surface area contributed by atoms with E-state index in [1.165, 1.54) is 4.90 Å². The molecule has 0 saturated carbocycles. The van der Waals surface area contributed by atoms with Gasteiger partial charge in [0, 0.05) is 11.8 Å². The number of ether oxygens (including phenoxy) is 3. The number of nitrogens with zero attached hydrogens (tertiary/aromatic N) is 1. The van der Waals surface area contributed by atoms with Gasteiger partial charge in [-0.15, -0.1) is 0 Å². The fraction of sp³-hybridized carbons (Fsp3) is 0.185. The average Bonchev–Trinajstić information content (AvgIpc) is 3.10. The number of rotatable bonds is 5. The van der Waals surface area contributed by atoms with Gasteiger partial charge in [0.05, 0.1) is 18.4 Å². The molecule has 0 aromatic heterocycles. The van der Waals surface area contributed by atoms with E-state index in [0.717, 1.165) is 11.1 Å². The largest absolute Gasteiger partial charge is 0.497 e. The molecule has 0 aliphatic carbocycles. The van der Waals surface area contributed by atoms with E-state index in [4.69, 9.17) is 14.2 Å². The molecule has 0 radical (unpaired) electrons. The molecule has 2 aliphatic heterocycles. The fourth-order valence-corrected chi connectivity index (χ4v) is 4.13. The lowest BCUT2D eigenvalue weighted by molar-refractivity contribution is -0.120. The van der Waals surface area contributed by atoms with Crippen LogP contribution in [0.3, 0.4) is 0 Å². The second-order valence-corrected chi connectivity index (χ2v) is 8.13. The van der Waals surface area contributed by atoms with Crippen LogP contribution in [0.1, 0.15) is 16.7 Å². The fourth-order valence-electron chi connectivity index (χ4n) is 4.13. The Kier molecular flexibility index (Phi) is 5.45. The third kappa shape index (κ3) is 3.65. The molecule has 7 heteroatoms. The summed E-state index contributed by atoms with van der Waals surface area (Å²) in [6, 6.07) is 18.0. The van der Waals surface area contributed by atoms with Crippen molar-refractivity contribution in [1.29, 1.82) is 0 Å². The number of benzene rings is 3. The summed E-state index contributed by atoms with van der Waals surface area (Å²) in [5.74, 6) is 1.09. The van der Waals surface area contributed by atoms with Gasteiger partial charge in [0.1, 0.15) is 24.7 Å². The number of nitrogens with one attached hydrogen (secondary N) is 1.